The molecule has 2 N–H and O–H groups in total. The Kier molecular flexibility index (Phi) is 6.46. The van der Waals surface area contributed by atoms with Gasteiger partial charge in [0.15, 0.2) is 0 Å². The van der Waals surface area contributed by atoms with Crippen molar-refractivity contribution in [1.29, 1.82) is 0 Å². The van der Waals surface area contributed by atoms with Crippen LogP contribution in [0.2, 0.25) is 0 Å². The molecule has 0 atom stereocenters. The predicted octanol–water partition coefficient (Wildman–Crippen LogP) is 2.18. The third kappa shape index (κ3) is 4.78. The molecule has 1 aromatic heterocycles. The van der Waals surface area contributed by atoms with Gasteiger partial charge in [0.05, 0.1) is 31.4 Å². The molecule has 9 nitrogen and oxygen atoms in total. The fraction of sp³-hybridized carbons (Fsp3) is 0.304. The van der Waals surface area contributed by atoms with Crippen molar-refractivity contribution >= 4 is 40.0 Å². The lowest BCUT2D eigenvalue weighted by Crippen LogP contribution is -2.32. The lowest BCUT2D eigenvalue weighted by Gasteiger charge is -2.15. The third-order valence-corrected chi connectivity index (χ3v) is 5.36. The van der Waals surface area contributed by atoms with Crippen LogP contribution >= 0.6 is 0 Å². The first-order valence-electron chi connectivity index (χ1n) is 10.5. The number of carbonyl (C=O) groups is 3. The largest absolute Gasteiger partial charge is 0.383 e. The molecule has 0 spiro atoms. The fourth-order valence-electron chi connectivity index (χ4n) is 3.69. The number of hydrogen-bond acceptors (Lipinski definition) is 5. The van der Waals surface area contributed by atoms with Crippen molar-refractivity contribution in [3.05, 3.63) is 54.2 Å². The topological polar surface area (TPSA) is 106 Å². The summed E-state index contributed by atoms with van der Waals surface area (Å²) in [5.74, 6) is -0.591. The number of nitrogens with one attached hydrogen (secondary N) is 2. The van der Waals surface area contributed by atoms with Crippen LogP contribution in [0.15, 0.2) is 48.7 Å². The molecule has 3 amide bonds. The van der Waals surface area contributed by atoms with Crippen LogP contribution in [0.25, 0.3) is 10.9 Å². The molecule has 166 valence electrons. The van der Waals surface area contributed by atoms with Gasteiger partial charge in [0.1, 0.15) is 0 Å². The van der Waals surface area contributed by atoms with E-state index in [4.69, 9.17) is 4.74 Å². The van der Waals surface area contributed by atoms with Crippen LogP contribution in [-0.4, -0.2) is 54.3 Å². The van der Waals surface area contributed by atoms with Gasteiger partial charge in [-0.15, -0.1) is 0 Å². The summed E-state index contributed by atoms with van der Waals surface area (Å²) in [6, 6.07) is 12.3. The molecule has 0 saturated carbocycles. The van der Waals surface area contributed by atoms with Crippen molar-refractivity contribution in [3.8, 4) is 0 Å². The lowest BCUT2D eigenvalue weighted by atomic mass is 10.2. The Labute approximate surface area is 185 Å². The van der Waals surface area contributed by atoms with E-state index in [-0.39, 0.29) is 24.3 Å². The van der Waals surface area contributed by atoms with Crippen LogP contribution in [0.5, 0.6) is 0 Å². The summed E-state index contributed by atoms with van der Waals surface area (Å²) in [5, 5.41) is 10.7. The zero-order chi connectivity index (χ0) is 22.5. The van der Waals surface area contributed by atoms with E-state index < -0.39 is 0 Å². The summed E-state index contributed by atoms with van der Waals surface area (Å²) in [4.78, 5) is 38.3. The molecular weight excluding hydrogens is 410 g/mol. The Morgan fingerprint density at radius 3 is 2.69 bits per heavy atom. The highest BCUT2D eigenvalue weighted by Crippen LogP contribution is 2.22. The molecule has 0 bridgehead atoms. The number of rotatable bonds is 8. The summed E-state index contributed by atoms with van der Waals surface area (Å²) in [6.45, 7) is 1.68. The van der Waals surface area contributed by atoms with Gasteiger partial charge in [-0.3, -0.25) is 19.1 Å². The van der Waals surface area contributed by atoms with E-state index in [0.29, 0.717) is 37.4 Å². The van der Waals surface area contributed by atoms with Gasteiger partial charge in [-0.25, -0.2) is 0 Å². The van der Waals surface area contributed by atoms with Crippen LogP contribution in [-0.2, 0) is 20.9 Å². The second kappa shape index (κ2) is 9.61. The molecule has 0 radical (unpaired) electrons. The summed E-state index contributed by atoms with van der Waals surface area (Å²) < 4.78 is 6.91. The maximum Gasteiger partial charge on any atom is 0.251 e. The molecule has 3 aromatic rings. The number of ether oxygens (including phenoxy) is 1. The zero-order valence-corrected chi connectivity index (χ0v) is 17.8. The van der Waals surface area contributed by atoms with Gasteiger partial charge >= 0.3 is 0 Å². The molecule has 32 heavy (non-hydrogen) atoms. The zero-order valence-electron chi connectivity index (χ0n) is 17.8. The van der Waals surface area contributed by atoms with Crippen LogP contribution in [0.1, 0.15) is 23.2 Å². The average Bonchev–Trinajstić information content (AvgIpc) is 3.42. The minimum Gasteiger partial charge on any atom is -0.383 e. The highest BCUT2D eigenvalue weighted by molar-refractivity contribution is 6.01. The molecule has 1 aliphatic rings. The minimum atomic E-state index is -0.354. The van der Waals surface area contributed by atoms with Gasteiger partial charge in [0.2, 0.25) is 11.8 Å². The van der Waals surface area contributed by atoms with Gasteiger partial charge in [0, 0.05) is 42.4 Å². The standard InChI is InChI=1S/C23H25N5O4/c1-32-12-11-28-20-13-18(7-4-17(20)14-25-28)26-21(29)15-24-23(31)16-5-8-19(9-6-16)27-10-2-3-22(27)30/h4-9,13-14H,2-3,10-12,15H2,1H3,(H,24,31)(H,26,29). The van der Waals surface area contributed by atoms with Gasteiger partial charge < -0.3 is 20.3 Å². The maximum absolute atomic E-state index is 12.4. The number of methoxy groups -OCH3 is 1. The van der Waals surface area contributed by atoms with Crippen LogP contribution in [0.3, 0.4) is 0 Å². The summed E-state index contributed by atoms with van der Waals surface area (Å²) in [6.07, 6.45) is 3.17. The minimum absolute atomic E-state index is 0.0961. The first kappa shape index (κ1) is 21.5. The predicted molar refractivity (Wildman–Crippen MR) is 121 cm³/mol. The van der Waals surface area contributed by atoms with E-state index in [1.807, 2.05) is 16.8 Å². The van der Waals surface area contributed by atoms with E-state index in [0.717, 1.165) is 23.0 Å². The SMILES string of the molecule is COCCn1ncc2ccc(NC(=O)CNC(=O)c3ccc(N4CCCC4=O)cc3)cc21. The quantitative estimate of drug-likeness (QED) is 0.564. The Bertz CT molecular complexity index is 1140. The molecule has 1 saturated heterocycles. The second-order valence-electron chi connectivity index (χ2n) is 7.56. The highest BCUT2D eigenvalue weighted by Gasteiger charge is 2.21. The Morgan fingerprint density at radius 2 is 1.97 bits per heavy atom. The normalized spacial score (nSPS) is 13.5. The third-order valence-electron chi connectivity index (χ3n) is 5.36. The van der Waals surface area contributed by atoms with Gasteiger partial charge in [-0.2, -0.15) is 5.10 Å². The maximum atomic E-state index is 12.4. The van der Waals surface area contributed by atoms with Crippen molar-refractivity contribution in [3.63, 3.8) is 0 Å². The Hall–Kier alpha value is -3.72. The molecule has 1 aliphatic heterocycles. The van der Waals surface area contributed by atoms with Gasteiger partial charge in [0.25, 0.3) is 5.91 Å². The summed E-state index contributed by atoms with van der Waals surface area (Å²) in [7, 11) is 1.63. The number of benzene rings is 2. The van der Waals surface area contributed by atoms with E-state index in [9.17, 15) is 14.4 Å². The molecule has 9 heteroatoms. The van der Waals surface area contributed by atoms with Crippen LogP contribution < -0.4 is 15.5 Å². The van der Waals surface area contributed by atoms with Crippen LogP contribution in [0, 0.1) is 0 Å². The van der Waals surface area contributed by atoms with E-state index in [2.05, 4.69) is 15.7 Å². The molecule has 2 aromatic carbocycles. The monoisotopic (exact) mass is 435 g/mol. The molecule has 0 aliphatic carbocycles. The smallest absolute Gasteiger partial charge is 0.251 e. The number of carbonyl (C=O) groups excluding carboxylic acids is 3. The van der Waals surface area contributed by atoms with Crippen molar-refractivity contribution in [2.75, 3.05) is 37.0 Å². The van der Waals surface area contributed by atoms with E-state index in [1.165, 1.54) is 0 Å². The van der Waals surface area contributed by atoms with Crippen LogP contribution in [0.4, 0.5) is 11.4 Å². The number of fused-ring (bicyclic) bond motifs is 1. The molecule has 0 unspecified atom stereocenters. The van der Waals surface area contributed by atoms with Crippen molar-refractivity contribution < 1.29 is 19.1 Å². The van der Waals surface area contributed by atoms with Crippen molar-refractivity contribution in [2.24, 2.45) is 0 Å². The van der Waals surface area contributed by atoms with Gasteiger partial charge in [-0.05, 0) is 48.9 Å². The number of aromatic nitrogens is 2. The molecular formula is C23H25N5O4. The number of amides is 3. The Balaban J connectivity index is 1.32. The highest BCUT2D eigenvalue weighted by atomic mass is 16.5. The van der Waals surface area contributed by atoms with E-state index in [1.54, 1.807) is 48.5 Å². The number of hydrogen-bond donors (Lipinski definition) is 2. The number of anilines is 2. The fourth-order valence-corrected chi connectivity index (χ4v) is 3.69. The molecule has 4 rings (SSSR count). The summed E-state index contributed by atoms with van der Waals surface area (Å²) >= 11 is 0. The lowest BCUT2D eigenvalue weighted by molar-refractivity contribution is -0.117. The second-order valence-corrected chi connectivity index (χ2v) is 7.56. The van der Waals surface area contributed by atoms with Crippen molar-refractivity contribution in [2.45, 2.75) is 19.4 Å². The average molecular weight is 435 g/mol. The van der Waals surface area contributed by atoms with Gasteiger partial charge in [-0.1, -0.05) is 0 Å². The molecule has 1 fully saturated rings. The first-order chi connectivity index (χ1) is 15.5. The Morgan fingerprint density at radius 1 is 1.16 bits per heavy atom. The van der Waals surface area contributed by atoms with E-state index >= 15 is 0 Å². The molecule has 2 heterocycles. The number of nitrogens with zero attached hydrogens (tertiary/aromatic N) is 3. The first-order valence-corrected chi connectivity index (χ1v) is 10.5. The van der Waals surface area contributed by atoms with Crippen molar-refractivity contribution in [1.82, 2.24) is 15.1 Å². The summed E-state index contributed by atoms with van der Waals surface area (Å²) in [5.41, 5.74) is 2.72.